The van der Waals surface area contributed by atoms with Crippen molar-refractivity contribution in [1.82, 2.24) is 4.90 Å². The zero-order valence-corrected chi connectivity index (χ0v) is 10.9. The molecule has 0 bridgehead atoms. The van der Waals surface area contributed by atoms with E-state index in [1.165, 1.54) is 5.56 Å². The molecule has 2 aliphatic rings. The van der Waals surface area contributed by atoms with Gasteiger partial charge in [0.15, 0.2) is 5.96 Å². The molecule has 1 atom stereocenters. The fourth-order valence-corrected chi connectivity index (χ4v) is 3.20. The van der Waals surface area contributed by atoms with Crippen molar-refractivity contribution in [3.05, 3.63) is 29.8 Å². The molecule has 0 saturated carbocycles. The van der Waals surface area contributed by atoms with Crippen molar-refractivity contribution in [3.8, 4) is 5.75 Å². The molecule has 0 amide bonds. The van der Waals surface area contributed by atoms with Crippen LogP contribution in [0.4, 0.5) is 0 Å². The average molecular weight is 245 g/mol. The Hall–Kier alpha value is -1.71. The van der Waals surface area contributed by atoms with Gasteiger partial charge >= 0.3 is 0 Å². The molecular formula is C14H19N3O. The molecule has 0 fully saturated rings. The minimum Gasteiger partial charge on any atom is -0.493 e. The fraction of sp³-hybridized carbons (Fsp3) is 0.500. The second kappa shape index (κ2) is 3.90. The van der Waals surface area contributed by atoms with Gasteiger partial charge in [-0.15, -0.1) is 0 Å². The van der Waals surface area contributed by atoms with E-state index in [4.69, 9.17) is 10.5 Å². The molecule has 1 aromatic rings. The summed E-state index contributed by atoms with van der Waals surface area (Å²) in [6, 6.07) is 8.57. The number of rotatable bonds is 1. The number of guanidine groups is 1. The third kappa shape index (κ3) is 1.41. The molecule has 1 aromatic carbocycles. The molecule has 0 radical (unpaired) electrons. The summed E-state index contributed by atoms with van der Waals surface area (Å²) in [6.45, 7) is 5.78. The molecule has 0 saturated heterocycles. The molecule has 18 heavy (non-hydrogen) atoms. The Morgan fingerprint density at radius 2 is 2.17 bits per heavy atom. The first-order valence-corrected chi connectivity index (χ1v) is 6.47. The summed E-state index contributed by atoms with van der Waals surface area (Å²) in [4.78, 5) is 6.72. The molecule has 2 aliphatic heterocycles. The molecule has 2 heterocycles. The molecule has 1 spiro atoms. The van der Waals surface area contributed by atoms with Crippen LogP contribution in [0.3, 0.4) is 0 Å². The molecule has 4 nitrogen and oxygen atoms in total. The lowest BCUT2D eigenvalue weighted by Gasteiger charge is -2.45. The van der Waals surface area contributed by atoms with Gasteiger partial charge in [0.2, 0.25) is 0 Å². The van der Waals surface area contributed by atoms with Crippen LogP contribution < -0.4 is 10.5 Å². The first-order chi connectivity index (χ1) is 8.65. The van der Waals surface area contributed by atoms with Gasteiger partial charge in [-0.05, 0) is 19.9 Å². The van der Waals surface area contributed by atoms with E-state index in [1.54, 1.807) is 0 Å². The summed E-state index contributed by atoms with van der Waals surface area (Å²) in [5.41, 5.74) is 7.19. The summed E-state index contributed by atoms with van der Waals surface area (Å²) in [5, 5.41) is 0. The number of ether oxygens (including phenoxy) is 1. The van der Waals surface area contributed by atoms with Crippen LogP contribution in [-0.4, -0.2) is 30.1 Å². The number of fused-ring (bicyclic) bond motifs is 2. The van der Waals surface area contributed by atoms with Gasteiger partial charge in [-0.3, -0.25) is 4.99 Å². The van der Waals surface area contributed by atoms with Gasteiger partial charge in [0.25, 0.3) is 0 Å². The smallest absolute Gasteiger partial charge is 0.192 e. The molecule has 2 N–H and O–H groups in total. The highest BCUT2D eigenvalue weighted by molar-refractivity contribution is 5.82. The van der Waals surface area contributed by atoms with Crippen LogP contribution in [0.2, 0.25) is 0 Å². The highest BCUT2D eigenvalue weighted by Crippen LogP contribution is 2.44. The number of para-hydroxylation sites is 1. The second-order valence-corrected chi connectivity index (χ2v) is 5.26. The Morgan fingerprint density at radius 1 is 1.39 bits per heavy atom. The van der Waals surface area contributed by atoms with Crippen molar-refractivity contribution in [2.75, 3.05) is 13.2 Å². The minimum atomic E-state index is -0.104. The zero-order valence-electron chi connectivity index (χ0n) is 10.9. The molecule has 0 aliphatic carbocycles. The maximum Gasteiger partial charge on any atom is 0.192 e. The molecular weight excluding hydrogens is 226 g/mol. The third-order valence-corrected chi connectivity index (χ3v) is 3.89. The van der Waals surface area contributed by atoms with Gasteiger partial charge in [-0.1, -0.05) is 18.2 Å². The first-order valence-electron chi connectivity index (χ1n) is 6.47. The lowest BCUT2D eigenvalue weighted by molar-refractivity contribution is 0.101. The summed E-state index contributed by atoms with van der Waals surface area (Å²) in [6.07, 6.45) is 0.937. The normalized spacial score (nSPS) is 26.2. The van der Waals surface area contributed by atoms with Gasteiger partial charge in [0.05, 0.1) is 18.7 Å². The van der Waals surface area contributed by atoms with Crippen molar-refractivity contribution >= 4 is 5.96 Å². The highest BCUT2D eigenvalue weighted by Gasteiger charge is 2.48. The maximum atomic E-state index is 6.08. The van der Waals surface area contributed by atoms with E-state index in [2.05, 4.69) is 35.9 Å². The van der Waals surface area contributed by atoms with E-state index in [-0.39, 0.29) is 5.54 Å². The van der Waals surface area contributed by atoms with Crippen LogP contribution in [-0.2, 0) is 5.54 Å². The third-order valence-electron chi connectivity index (χ3n) is 3.89. The predicted molar refractivity (Wildman–Crippen MR) is 71.7 cm³/mol. The molecule has 1 unspecified atom stereocenters. The van der Waals surface area contributed by atoms with E-state index in [0.717, 1.165) is 25.3 Å². The van der Waals surface area contributed by atoms with Crippen LogP contribution in [0.15, 0.2) is 29.3 Å². The maximum absolute atomic E-state index is 6.08. The highest BCUT2D eigenvalue weighted by atomic mass is 16.5. The monoisotopic (exact) mass is 245 g/mol. The van der Waals surface area contributed by atoms with Crippen LogP contribution in [0, 0.1) is 0 Å². The largest absolute Gasteiger partial charge is 0.493 e. The SMILES string of the molecule is CC(C)N1C(N)=NCC12CCOc1ccccc12. The number of aliphatic imine (C=N–C) groups is 1. The van der Waals surface area contributed by atoms with Crippen molar-refractivity contribution in [3.63, 3.8) is 0 Å². The number of hydrogen-bond acceptors (Lipinski definition) is 4. The number of nitrogens with two attached hydrogens (primary N) is 1. The van der Waals surface area contributed by atoms with E-state index in [9.17, 15) is 0 Å². The van der Waals surface area contributed by atoms with Crippen LogP contribution in [0.1, 0.15) is 25.8 Å². The summed E-state index contributed by atoms with van der Waals surface area (Å²) in [7, 11) is 0. The number of hydrogen-bond donors (Lipinski definition) is 1. The summed E-state index contributed by atoms with van der Waals surface area (Å²) >= 11 is 0. The quantitative estimate of drug-likeness (QED) is 0.819. The zero-order chi connectivity index (χ0) is 12.8. The van der Waals surface area contributed by atoms with Gasteiger partial charge in [-0.25, -0.2) is 0 Å². The topological polar surface area (TPSA) is 50.8 Å². The van der Waals surface area contributed by atoms with Crippen molar-refractivity contribution in [2.45, 2.75) is 31.8 Å². The minimum absolute atomic E-state index is 0.104. The van der Waals surface area contributed by atoms with Gasteiger partial charge in [-0.2, -0.15) is 0 Å². The lowest BCUT2D eigenvalue weighted by atomic mass is 9.83. The number of benzene rings is 1. The lowest BCUT2D eigenvalue weighted by Crippen LogP contribution is -2.54. The van der Waals surface area contributed by atoms with Crippen molar-refractivity contribution < 1.29 is 4.74 Å². The Morgan fingerprint density at radius 3 is 2.94 bits per heavy atom. The Kier molecular flexibility index (Phi) is 2.47. The van der Waals surface area contributed by atoms with Gasteiger partial charge < -0.3 is 15.4 Å². The van der Waals surface area contributed by atoms with E-state index in [1.807, 2.05) is 12.1 Å². The van der Waals surface area contributed by atoms with Gasteiger partial charge in [0, 0.05) is 18.0 Å². The Bertz CT molecular complexity index is 498. The molecule has 3 rings (SSSR count). The predicted octanol–water partition coefficient (Wildman–Crippen LogP) is 1.70. The molecule has 96 valence electrons. The van der Waals surface area contributed by atoms with Crippen LogP contribution in [0.25, 0.3) is 0 Å². The molecule has 0 aromatic heterocycles. The summed E-state index contributed by atoms with van der Waals surface area (Å²) in [5.74, 6) is 1.63. The fourth-order valence-electron chi connectivity index (χ4n) is 3.20. The van der Waals surface area contributed by atoms with Crippen LogP contribution in [0.5, 0.6) is 5.75 Å². The Balaban J connectivity index is 2.12. The first kappa shape index (κ1) is 11.4. The van der Waals surface area contributed by atoms with Crippen molar-refractivity contribution in [1.29, 1.82) is 0 Å². The Labute approximate surface area is 107 Å². The van der Waals surface area contributed by atoms with Crippen LogP contribution >= 0.6 is 0 Å². The van der Waals surface area contributed by atoms with Gasteiger partial charge in [0.1, 0.15) is 5.75 Å². The average Bonchev–Trinajstić information content (AvgIpc) is 2.68. The second-order valence-electron chi connectivity index (χ2n) is 5.26. The number of nitrogens with zero attached hydrogens (tertiary/aromatic N) is 2. The van der Waals surface area contributed by atoms with E-state index >= 15 is 0 Å². The van der Waals surface area contributed by atoms with Crippen molar-refractivity contribution in [2.24, 2.45) is 10.7 Å². The standard InChI is InChI=1S/C14H19N3O/c1-10(2)17-13(15)16-9-14(17)7-8-18-12-6-4-3-5-11(12)14/h3-6,10H,7-9H2,1-2H3,(H2,15,16). The summed E-state index contributed by atoms with van der Waals surface area (Å²) < 4.78 is 5.76. The molecule has 4 heteroatoms. The van der Waals surface area contributed by atoms with E-state index in [0.29, 0.717) is 12.0 Å². The van der Waals surface area contributed by atoms with E-state index < -0.39 is 0 Å².